The van der Waals surface area contributed by atoms with Crippen LogP contribution in [0.5, 0.6) is 0 Å². The summed E-state index contributed by atoms with van der Waals surface area (Å²) in [5.74, 6) is 1.64. The van der Waals surface area contributed by atoms with Gasteiger partial charge in [-0.2, -0.15) is 0 Å². The van der Waals surface area contributed by atoms with Gasteiger partial charge in [-0.3, -0.25) is 4.40 Å². The van der Waals surface area contributed by atoms with Gasteiger partial charge < -0.3 is 15.2 Å². The Morgan fingerprint density at radius 3 is 2.81 bits per heavy atom. The van der Waals surface area contributed by atoms with Crippen molar-refractivity contribution in [2.75, 3.05) is 13.1 Å². The maximum Gasteiger partial charge on any atom is 0.191 e. The van der Waals surface area contributed by atoms with Crippen LogP contribution in [0.15, 0.2) is 35.5 Å². The lowest BCUT2D eigenvalue weighted by atomic mass is 10.4. The van der Waals surface area contributed by atoms with Crippen LogP contribution in [0.25, 0.3) is 5.65 Å². The minimum atomic E-state index is 0.478. The summed E-state index contributed by atoms with van der Waals surface area (Å²) in [6.07, 6.45) is 2.70. The number of guanidine groups is 1. The molecule has 3 aromatic rings. The molecule has 7 nitrogen and oxygen atoms in total. The van der Waals surface area contributed by atoms with Gasteiger partial charge in [-0.15, -0.1) is 10.2 Å². The van der Waals surface area contributed by atoms with Crippen molar-refractivity contribution < 1.29 is 0 Å². The average Bonchev–Trinajstić information content (AvgIpc) is 3.16. The Kier molecular flexibility index (Phi) is 6.00. The first-order chi connectivity index (χ1) is 12.6. The van der Waals surface area contributed by atoms with Gasteiger partial charge in [0.15, 0.2) is 11.6 Å². The zero-order chi connectivity index (χ0) is 18.5. The fraction of sp³-hybridized carbons (Fsp3) is 0.353. The van der Waals surface area contributed by atoms with E-state index in [1.54, 1.807) is 0 Å². The number of fused-ring (bicyclic) bond motifs is 1. The zero-order valence-electron chi connectivity index (χ0n) is 14.7. The van der Waals surface area contributed by atoms with Crippen LogP contribution >= 0.6 is 23.2 Å². The third kappa shape index (κ3) is 4.11. The van der Waals surface area contributed by atoms with Crippen LogP contribution in [0, 0.1) is 0 Å². The van der Waals surface area contributed by atoms with Crippen molar-refractivity contribution in [1.29, 1.82) is 0 Å². The molecule has 0 fully saturated rings. The number of nitrogens with zero attached hydrogens (tertiary/aromatic N) is 5. The maximum atomic E-state index is 6.10. The lowest BCUT2D eigenvalue weighted by Crippen LogP contribution is -2.38. The van der Waals surface area contributed by atoms with Crippen LogP contribution < -0.4 is 10.6 Å². The van der Waals surface area contributed by atoms with Gasteiger partial charge in [-0.1, -0.05) is 29.3 Å². The van der Waals surface area contributed by atoms with Gasteiger partial charge in [-0.05, 0) is 25.1 Å². The van der Waals surface area contributed by atoms with Crippen molar-refractivity contribution in [1.82, 2.24) is 29.8 Å². The minimum absolute atomic E-state index is 0.478. The van der Waals surface area contributed by atoms with E-state index < -0.39 is 0 Å². The zero-order valence-corrected chi connectivity index (χ0v) is 16.2. The number of aromatic nitrogens is 4. The summed E-state index contributed by atoms with van der Waals surface area (Å²) in [4.78, 5) is 4.59. The van der Waals surface area contributed by atoms with Gasteiger partial charge in [0, 0.05) is 38.4 Å². The number of nitrogens with one attached hydrogen (secondary N) is 2. The van der Waals surface area contributed by atoms with E-state index in [2.05, 4.69) is 25.8 Å². The molecule has 138 valence electrons. The molecule has 0 aliphatic heterocycles. The van der Waals surface area contributed by atoms with E-state index in [1.165, 1.54) is 0 Å². The number of halogens is 2. The second-order valence-electron chi connectivity index (χ2n) is 5.75. The van der Waals surface area contributed by atoms with Crippen LogP contribution in [0.1, 0.15) is 18.4 Å². The van der Waals surface area contributed by atoms with E-state index in [0.717, 1.165) is 36.1 Å². The van der Waals surface area contributed by atoms with E-state index in [9.17, 15) is 0 Å². The smallest absolute Gasteiger partial charge is 0.191 e. The second kappa shape index (κ2) is 8.42. The van der Waals surface area contributed by atoms with Crippen LogP contribution in [0.2, 0.25) is 10.2 Å². The summed E-state index contributed by atoms with van der Waals surface area (Å²) in [6.45, 7) is 3.97. The first-order valence-electron chi connectivity index (χ1n) is 8.40. The summed E-state index contributed by atoms with van der Waals surface area (Å²) in [5, 5.41) is 16.0. The maximum absolute atomic E-state index is 6.10. The number of hydrogen-bond acceptors (Lipinski definition) is 3. The molecule has 0 saturated carbocycles. The van der Waals surface area contributed by atoms with Gasteiger partial charge in [0.05, 0.1) is 11.6 Å². The van der Waals surface area contributed by atoms with Crippen molar-refractivity contribution in [2.45, 2.75) is 19.9 Å². The Morgan fingerprint density at radius 1 is 1.23 bits per heavy atom. The fourth-order valence-corrected chi connectivity index (χ4v) is 3.01. The number of rotatable bonds is 6. The summed E-state index contributed by atoms with van der Waals surface area (Å²) < 4.78 is 3.82. The molecule has 0 aliphatic rings. The minimum Gasteiger partial charge on any atom is -0.357 e. The van der Waals surface area contributed by atoms with Crippen LogP contribution in [0.4, 0.5) is 0 Å². The third-order valence-corrected chi connectivity index (χ3v) is 4.83. The molecule has 0 bridgehead atoms. The number of aliphatic imine (C=N–C) groups is 1. The van der Waals surface area contributed by atoms with Crippen molar-refractivity contribution in [3.05, 3.63) is 52.2 Å². The normalized spacial score (nSPS) is 11.9. The van der Waals surface area contributed by atoms with Gasteiger partial charge in [0.25, 0.3) is 0 Å². The predicted octanol–water partition coefficient (Wildman–Crippen LogP) is 2.67. The van der Waals surface area contributed by atoms with Crippen LogP contribution in [-0.4, -0.2) is 38.2 Å². The van der Waals surface area contributed by atoms with Crippen molar-refractivity contribution in [2.24, 2.45) is 12.0 Å². The molecule has 0 atom stereocenters. The first-order valence-corrected chi connectivity index (χ1v) is 9.16. The molecule has 0 spiro atoms. The van der Waals surface area contributed by atoms with E-state index in [0.29, 0.717) is 23.3 Å². The highest BCUT2D eigenvalue weighted by atomic mass is 35.5. The van der Waals surface area contributed by atoms with Gasteiger partial charge >= 0.3 is 0 Å². The van der Waals surface area contributed by atoms with Crippen LogP contribution in [-0.2, 0) is 20.0 Å². The second-order valence-corrected chi connectivity index (χ2v) is 6.52. The Labute approximate surface area is 162 Å². The van der Waals surface area contributed by atoms with Gasteiger partial charge in [0.1, 0.15) is 11.0 Å². The third-order valence-electron chi connectivity index (χ3n) is 3.98. The summed E-state index contributed by atoms with van der Waals surface area (Å²) in [6, 6.07) is 7.68. The molecule has 9 heteroatoms. The Balaban J connectivity index is 1.62. The number of hydrogen-bond donors (Lipinski definition) is 2. The predicted molar refractivity (Wildman–Crippen MR) is 105 cm³/mol. The van der Waals surface area contributed by atoms with Gasteiger partial charge in [-0.25, -0.2) is 4.99 Å². The first kappa shape index (κ1) is 18.5. The highest BCUT2D eigenvalue weighted by molar-refractivity contribution is 6.41. The molecule has 3 heterocycles. The lowest BCUT2D eigenvalue weighted by Gasteiger charge is -2.11. The molecule has 0 aromatic carbocycles. The standard InChI is InChI=1S/C17H21Cl2N7/c1-3-20-17(22-11-12-10-13(18)16(19)25(12)2)21-8-7-15-24-23-14-6-4-5-9-26(14)15/h4-6,9-10H,3,7-8,11H2,1-2H3,(H2,20,21,22). The lowest BCUT2D eigenvalue weighted by molar-refractivity contribution is 0.755. The molecule has 0 amide bonds. The molecular weight excluding hydrogens is 373 g/mol. The topological polar surface area (TPSA) is 71.5 Å². The fourth-order valence-electron chi connectivity index (χ4n) is 2.60. The molecule has 26 heavy (non-hydrogen) atoms. The highest BCUT2D eigenvalue weighted by Gasteiger charge is 2.09. The highest BCUT2D eigenvalue weighted by Crippen LogP contribution is 2.25. The average molecular weight is 394 g/mol. The summed E-state index contributed by atoms with van der Waals surface area (Å²) >= 11 is 12.2. The Hall–Kier alpha value is -2.25. The summed E-state index contributed by atoms with van der Waals surface area (Å²) in [7, 11) is 1.87. The van der Waals surface area contributed by atoms with Crippen LogP contribution in [0.3, 0.4) is 0 Å². The molecular formula is C17H21Cl2N7. The molecule has 2 N–H and O–H groups in total. The Bertz CT molecular complexity index is 913. The van der Waals surface area contributed by atoms with E-state index in [1.807, 2.05) is 53.4 Å². The van der Waals surface area contributed by atoms with Crippen molar-refractivity contribution >= 4 is 34.8 Å². The molecule has 3 aromatic heterocycles. The quantitative estimate of drug-likeness (QED) is 0.498. The molecule has 0 aliphatic carbocycles. The Morgan fingerprint density at radius 2 is 2.08 bits per heavy atom. The van der Waals surface area contributed by atoms with Crippen molar-refractivity contribution in [3.8, 4) is 0 Å². The van der Waals surface area contributed by atoms with Crippen molar-refractivity contribution in [3.63, 3.8) is 0 Å². The largest absolute Gasteiger partial charge is 0.357 e. The molecule has 0 unspecified atom stereocenters. The monoisotopic (exact) mass is 393 g/mol. The van der Waals surface area contributed by atoms with Gasteiger partial charge in [0.2, 0.25) is 0 Å². The molecule has 0 saturated heterocycles. The van der Waals surface area contributed by atoms with E-state index >= 15 is 0 Å². The molecule has 0 radical (unpaired) electrons. The number of pyridine rings is 1. The molecule has 3 rings (SSSR count). The van der Waals surface area contributed by atoms with E-state index in [4.69, 9.17) is 23.2 Å². The SMILES string of the molecule is CCNC(=NCc1cc(Cl)c(Cl)n1C)NCCc1nnc2ccccn12. The summed E-state index contributed by atoms with van der Waals surface area (Å²) in [5.41, 5.74) is 1.79. The van der Waals surface area contributed by atoms with E-state index in [-0.39, 0.29) is 0 Å².